The van der Waals surface area contributed by atoms with E-state index >= 15 is 0 Å². The van der Waals surface area contributed by atoms with Crippen molar-refractivity contribution >= 4 is 5.69 Å². The Kier molecular flexibility index (Phi) is 3.14. The first kappa shape index (κ1) is 12.6. The van der Waals surface area contributed by atoms with Crippen LogP contribution in [-0.2, 0) is 0 Å². The predicted molar refractivity (Wildman–Crippen MR) is 77.7 cm³/mol. The van der Waals surface area contributed by atoms with Gasteiger partial charge in [-0.3, -0.25) is 9.37 Å². The molecule has 1 N–H and O–H groups in total. The van der Waals surface area contributed by atoms with Gasteiger partial charge < -0.3 is 10.2 Å². The number of alkyl halides is 1. The summed E-state index contributed by atoms with van der Waals surface area (Å²) >= 11 is 0. The number of rotatable bonds is 4. The van der Waals surface area contributed by atoms with E-state index in [0.717, 1.165) is 44.4 Å². The van der Waals surface area contributed by atoms with E-state index < -0.39 is 0 Å². The molecule has 3 aliphatic rings. The highest BCUT2D eigenvalue weighted by Crippen LogP contribution is 2.50. The fourth-order valence-corrected chi connectivity index (χ4v) is 4.00. The summed E-state index contributed by atoms with van der Waals surface area (Å²) in [6.07, 6.45) is 5.83. The van der Waals surface area contributed by atoms with Crippen LogP contribution in [0.25, 0.3) is 0 Å². The zero-order chi connectivity index (χ0) is 13.5. The van der Waals surface area contributed by atoms with Crippen molar-refractivity contribution in [2.24, 2.45) is 17.8 Å². The lowest BCUT2D eigenvalue weighted by atomic mass is 10.0. The van der Waals surface area contributed by atoms with Crippen LogP contribution in [0.2, 0.25) is 0 Å². The molecule has 4 atom stereocenters. The Balaban J connectivity index is 1.47. The van der Waals surface area contributed by atoms with Crippen molar-refractivity contribution in [2.45, 2.75) is 18.8 Å². The van der Waals surface area contributed by atoms with Crippen LogP contribution in [-0.4, -0.2) is 37.8 Å². The molecular weight excluding hydrogens is 253 g/mol. The van der Waals surface area contributed by atoms with Crippen LogP contribution in [0, 0.1) is 17.8 Å². The second kappa shape index (κ2) is 4.99. The van der Waals surface area contributed by atoms with Crippen LogP contribution in [0.1, 0.15) is 24.3 Å². The van der Waals surface area contributed by atoms with E-state index in [2.05, 4.69) is 21.3 Å². The van der Waals surface area contributed by atoms with Crippen LogP contribution in [0.3, 0.4) is 0 Å². The third-order valence-electron chi connectivity index (χ3n) is 5.33. The number of pyridine rings is 1. The number of halogens is 1. The lowest BCUT2D eigenvalue weighted by molar-refractivity contribution is 0.450. The average molecular weight is 275 g/mol. The van der Waals surface area contributed by atoms with Crippen molar-refractivity contribution in [1.82, 2.24) is 10.3 Å². The van der Waals surface area contributed by atoms with Gasteiger partial charge in [-0.1, -0.05) is 0 Å². The molecule has 4 rings (SSSR count). The van der Waals surface area contributed by atoms with Gasteiger partial charge in [-0.25, -0.2) is 0 Å². The normalized spacial score (nSPS) is 35.4. The molecule has 20 heavy (non-hydrogen) atoms. The number of nitrogens with one attached hydrogen (secondary N) is 1. The molecule has 3 nitrogen and oxygen atoms in total. The topological polar surface area (TPSA) is 28.2 Å². The Hall–Kier alpha value is -1.16. The molecule has 1 aromatic heterocycles. The summed E-state index contributed by atoms with van der Waals surface area (Å²) in [6.45, 7) is 4.45. The van der Waals surface area contributed by atoms with E-state index in [9.17, 15) is 4.39 Å². The zero-order valence-corrected chi connectivity index (χ0v) is 11.8. The number of hydrogen-bond acceptors (Lipinski definition) is 3. The molecule has 3 heterocycles. The Morgan fingerprint density at radius 3 is 2.80 bits per heavy atom. The van der Waals surface area contributed by atoms with E-state index in [0.29, 0.717) is 18.3 Å². The first-order chi connectivity index (χ1) is 9.85. The SMILES string of the molecule is FCC[C@H]1C[C@@H]1c1cncc(N2C[C@H]3CNC[C@H]3C2)c1. The minimum atomic E-state index is -0.184. The third kappa shape index (κ3) is 2.20. The maximum absolute atomic E-state index is 12.4. The summed E-state index contributed by atoms with van der Waals surface area (Å²) in [6, 6.07) is 2.30. The highest BCUT2D eigenvalue weighted by molar-refractivity contribution is 5.49. The smallest absolute Gasteiger partial charge is 0.0897 e. The molecular formula is C16H22FN3. The van der Waals surface area contributed by atoms with E-state index in [-0.39, 0.29) is 6.67 Å². The van der Waals surface area contributed by atoms with E-state index in [1.165, 1.54) is 11.3 Å². The predicted octanol–water partition coefficient (Wildman–Crippen LogP) is 2.20. The van der Waals surface area contributed by atoms with E-state index in [1.807, 2.05) is 12.4 Å². The van der Waals surface area contributed by atoms with Gasteiger partial charge in [-0.15, -0.1) is 0 Å². The van der Waals surface area contributed by atoms with Crippen molar-refractivity contribution in [1.29, 1.82) is 0 Å². The van der Waals surface area contributed by atoms with Crippen LogP contribution < -0.4 is 10.2 Å². The third-order valence-corrected chi connectivity index (χ3v) is 5.33. The van der Waals surface area contributed by atoms with Crippen molar-refractivity contribution in [2.75, 3.05) is 37.8 Å². The molecule has 0 radical (unpaired) electrons. The largest absolute Gasteiger partial charge is 0.370 e. The Bertz CT molecular complexity index is 480. The van der Waals surface area contributed by atoms with Crippen molar-refractivity contribution in [3.05, 3.63) is 24.0 Å². The summed E-state index contributed by atoms with van der Waals surface area (Å²) < 4.78 is 12.4. The molecule has 0 bridgehead atoms. The van der Waals surface area contributed by atoms with Gasteiger partial charge in [0.15, 0.2) is 0 Å². The highest BCUT2D eigenvalue weighted by Gasteiger charge is 2.39. The minimum Gasteiger partial charge on any atom is -0.370 e. The summed E-state index contributed by atoms with van der Waals surface area (Å²) in [5, 5.41) is 3.48. The van der Waals surface area contributed by atoms with Crippen molar-refractivity contribution < 1.29 is 4.39 Å². The van der Waals surface area contributed by atoms with Gasteiger partial charge in [0.2, 0.25) is 0 Å². The van der Waals surface area contributed by atoms with Gasteiger partial charge >= 0.3 is 0 Å². The Morgan fingerprint density at radius 2 is 2.05 bits per heavy atom. The molecule has 0 amide bonds. The average Bonchev–Trinajstić information content (AvgIpc) is 2.91. The van der Waals surface area contributed by atoms with Gasteiger partial charge in [-0.05, 0) is 48.1 Å². The van der Waals surface area contributed by atoms with Crippen LogP contribution in [0.5, 0.6) is 0 Å². The van der Waals surface area contributed by atoms with Crippen molar-refractivity contribution in [3.63, 3.8) is 0 Å². The molecule has 1 saturated carbocycles. The first-order valence-electron chi connectivity index (χ1n) is 7.81. The van der Waals surface area contributed by atoms with Crippen LogP contribution in [0.4, 0.5) is 10.1 Å². The Morgan fingerprint density at radius 1 is 1.25 bits per heavy atom. The molecule has 1 aromatic rings. The maximum Gasteiger partial charge on any atom is 0.0897 e. The van der Waals surface area contributed by atoms with Gasteiger partial charge in [-0.2, -0.15) is 0 Å². The number of anilines is 1. The molecule has 4 heteroatoms. The van der Waals surface area contributed by atoms with Crippen LogP contribution >= 0.6 is 0 Å². The van der Waals surface area contributed by atoms with E-state index in [1.54, 1.807) is 0 Å². The number of aromatic nitrogens is 1. The minimum absolute atomic E-state index is 0.184. The molecule has 108 valence electrons. The molecule has 2 aliphatic heterocycles. The molecule has 0 aromatic carbocycles. The monoisotopic (exact) mass is 275 g/mol. The fraction of sp³-hybridized carbons (Fsp3) is 0.688. The van der Waals surface area contributed by atoms with Gasteiger partial charge in [0, 0.05) is 32.4 Å². The Labute approximate surface area is 119 Å². The van der Waals surface area contributed by atoms with Gasteiger partial charge in [0.05, 0.1) is 18.6 Å². The molecule has 3 fully saturated rings. The number of nitrogens with zero attached hydrogens (tertiary/aromatic N) is 2. The van der Waals surface area contributed by atoms with E-state index in [4.69, 9.17) is 0 Å². The molecule has 1 aliphatic carbocycles. The second-order valence-corrected chi connectivity index (χ2v) is 6.64. The lowest BCUT2D eigenvalue weighted by Gasteiger charge is -2.20. The molecule has 0 spiro atoms. The zero-order valence-electron chi connectivity index (χ0n) is 11.8. The number of hydrogen-bond donors (Lipinski definition) is 1. The van der Waals surface area contributed by atoms with Crippen molar-refractivity contribution in [3.8, 4) is 0 Å². The summed E-state index contributed by atoms with van der Waals surface area (Å²) in [4.78, 5) is 6.91. The van der Waals surface area contributed by atoms with Gasteiger partial charge in [0.1, 0.15) is 0 Å². The molecule has 0 unspecified atom stereocenters. The summed E-state index contributed by atoms with van der Waals surface area (Å²) in [5.74, 6) is 2.72. The van der Waals surface area contributed by atoms with Gasteiger partial charge in [0.25, 0.3) is 0 Å². The fourth-order valence-electron chi connectivity index (χ4n) is 4.00. The maximum atomic E-state index is 12.4. The standard InChI is InChI=1S/C16H22FN3/c17-2-1-11-4-16(11)12-3-15(8-19-5-12)20-9-13-6-18-7-14(13)10-20/h3,5,8,11,13-14,16,18H,1-2,4,6-7,9-10H2/t11-,13-,14+,16-/m0/s1. The highest BCUT2D eigenvalue weighted by atomic mass is 19.1. The lowest BCUT2D eigenvalue weighted by Crippen LogP contribution is -2.25. The molecule has 2 saturated heterocycles. The first-order valence-corrected chi connectivity index (χ1v) is 7.81. The quantitative estimate of drug-likeness (QED) is 0.913. The number of fused-ring (bicyclic) bond motifs is 1. The summed E-state index contributed by atoms with van der Waals surface area (Å²) in [7, 11) is 0. The van der Waals surface area contributed by atoms with Crippen LogP contribution in [0.15, 0.2) is 18.5 Å². The summed E-state index contributed by atoms with van der Waals surface area (Å²) in [5.41, 5.74) is 2.58. The second-order valence-electron chi connectivity index (χ2n) is 6.64.